The molecule has 0 saturated carbocycles. The number of ether oxygens (including phenoxy) is 2. The molecule has 3 rings (SSSR count). The third-order valence-electron chi connectivity index (χ3n) is 4.74. The lowest BCUT2D eigenvalue weighted by Gasteiger charge is -2.14. The Bertz CT molecular complexity index is 886. The van der Waals surface area contributed by atoms with E-state index in [1.165, 1.54) is 0 Å². The minimum absolute atomic E-state index is 0.00235. The van der Waals surface area contributed by atoms with Gasteiger partial charge in [0.15, 0.2) is 17.5 Å². The lowest BCUT2D eigenvalue weighted by atomic mass is 10.2. The average Bonchev–Trinajstić information content (AvgIpc) is 3.05. The van der Waals surface area contributed by atoms with Crippen LogP contribution in [-0.4, -0.2) is 48.1 Å². The number of fused-ring (bicyclic) bond motifs is 1. The average molecular weight is 388 g/mol. The number of nitrogens with one attached hydrogen (secondary N) is 2. The van der Waals surface area contributed by atoms with Gasteiger partial charge >= 0.3 is 5.69 Å². The quantitative estimate of drug-likeness (QED) is 0.424. The molecule has 2 heterocycles. The number of methoxy groups -OCH3 is 2. The van der Waals surface area contributed by atoms with Crippen LogP contribution >= 0.6 is 0 Å². The second-order valence-electron chi connectivity index (χ2n) is 6.58. The van der Waals surface area contributed by atoms with Gasteiger partial charge in [0.2, 0.25) is 0 Å². The highest BCUT2D eigenvalue weighted by molar-refractivity contribution is 5.93. The van der Waals surface area contributed by atoms with Gasteiger partial charge < -0.3 is 20.1 Å². The first-order valence-corrected chi connectivity index (χ1v) is 9.52. The minimum Gasteiger partial charge on any atom is -0.493 e. The van der Waals surface area contributed by atoms with Gasteiger partial charge in [0.1, 0.15) is 5.82 Å². The summed E-state index contributed by atoms with van der Waals surface area (Å²) < 4.78 is 13.9. The minimum atomic E-state index is 0.00235. The Morgan fingerprint density at radius 1 is 1.25 bits per heavy atom. The standard InChI is InChI=1S/C19H28N6O3/c1-20-18(22-14-8-9-15(27-2)16(13-14)28-3)21-10-6-12-25-19(26)24-11-5-4-7-17(24)23-25/h8-9,13H,4-7,10-12H2,1-3H3,(H2,20,21,22). The number of nitrogens with zero attached hydrogens (tertiary/aromatic N) is 4. The summed E-state index contributed by atoms with van der Waals surface area (Å²) in [5.74, 6) is 2.87. The molecule has 28 heavy (non-hydrogen) atoms. The first-order valence-electron chi connectivity index (χ1n) is 9.52. The van der Waals surface area contributed by atoms with Gasteiger partial charge in [-0.15, -0.1) is 0 Å². The van der Waals surface area contributed by atoms with Crippen molar-refractivity contribution in [3.63, 3.8) is 0 Å². The van der Waals surface area contributed by atoms with E-state index in [1.54, 1.807) is 30.5 Å². The lowest BCUT2D eigenvalue weighted by molar-refractivity contribution is 0.355. The molecule has 2 N–H and O–H groups in total. The Kier molecular flexibility index (Phi) is 6.57. The zero-order valence-electron chi connectivity index (χ0n) is 16.7. The van der Waals surface area contributed by atoms with E-state index < -0.39 is 0 Å². The van der Waals surface area contributed by atoms with Gasteiger partial charge in [0.05, 0.1) is 14.2 Å². The van der Waals surface area contributed by atoms with E-state index in [2.05, 4.69) is 20.7 Å². The van der Waals surface area contributed by atoms with Crippen molar-refractivity contribution in [3.8, 4) is 11.5 Å². The van der Waals surface area contributed by atoms with E-state index >= 15 is 0 Å². The predicted octanol–water partition coefficient (Wildman–Crippen LogP) is 1.48. The van der Waals surface area contributed by atoms with Crippen LogP contribution in [0, 0.1) is 0 Å². The SMILES string of the molecule is CN=C(NCCCn1nc2n(c1=O)CCCC2)Nc1ccc(OC)c(OC)c1. The molecule has 0 bridgehead atoms. The summed E-state index contributed by atoms with van der Waals surface area (Å²) in [5, 5.41) is 10.9. The van der Waals surface area contributed by atoms with Crippen molar-refractivity contribution in [2.75, 3.05) is 33.1 Å². The summed E-state index contributed by atoms with van der Waals surface area (Å²) in [6.07, 6.45) is 3.82. The molecule has 1 aliphatic rings. The smallest absolute Gasteiger partial charge is 0.345 e. The third-order valence-corrected chi connectivity index (χ3v) is 4.74. The topological polar surface area (TPSA) is 94.7 Å². The van der Waals surface area contributed by atoms with Crippen molar-refractivity contribution in [2.24, 2.45) is 4.99 Å². The van der Waals surface area contributed by atoms with E-state index in [4.69, 9.17) is 9.47 Å². The largest absolute Gasteiger partial charge is 0.493 e. The van der Waals surface area contributed by atoms with Crippen molar-refractivity contribution < 1.29 is 9.47 Å². The number of guanidine groups is 1. The molecular weight excluding hydrogens is 360 g/mol. The van der Waals surface area contributed by atoms with E-state index in [0.717, 1.165) is 43.7 Å². The zero-order chi connectivity index (χ0) is 19.9. The van der Waals surface area contributed by atoms with E-state index in [-0.39, 0.29) is 5.69 Å². The number of anilines is 1. The fourth-order valence-electron chi connectivity index (χ4n) is 3.26. The second-order valence-corrected chi connectivity index (χ2v) is 6.58. The predicted molar refractivity (Wildman–Crippen MR) is 109 cm³/mol. The van der Waals surface area contributed by atoms with Crippen LogP contribution in [0.4, 0.5) is 5.69 Å². The molecule has 0 saturated heterocycles. The highest BCUT2D eigenvalue weighted by atomic mass is 16.5. The molecule has 0 radical (unpaired) electrons. The highest BCUT2D eigenvalue weighted by Crippen LogP contribution is 2.29. The molecular formula is C19H28N6O3. The first kappa shape index (κ1) is 19.8. The Labute approximate surface area is 164 Å². The van der Waals surface area contributed by atoms with Crippen LogP contribution < -0.4 is 25.8 Å². The van der Waals surface area contributed by atoms with Gasteiger partial charge in [-0.05, 0) is 31.4 Å². The molecule has 0 atom stereocenters. The molecule has 9 nitrogen and oxygen atoms in total. The summed E-state index contributed by atoms with van der Waals surface area (Å²) in [6, 6.07) is 5.58. The normalized spacial score (nSPS) is 13.8. The molecule has 2 aromatic rings. The van der Waals surface area contributed by atoms with Crippen molar-refractivity contribution in [1.82, 2.24) is 19.7 Å². The van der Waals surface area contributed by atoms with Crippen LogP contribution in [0.5, 0.6) is 11.5 Å². The molecule has 9 heteroatoms. The fraction of sp³-hybridized carbons (Fsp3) is 0.526. The Balaban J connectivity index is 1.51. The number of aryl methyl sites for hydroxylation is 2. The van der Waals surface area contributed by atoms with Crippen LogP contribution in [0.15, 0.2) is 28.0 Å². The molecule has 0 unspecified atom stereocenters. The van der Waals surface area contributed by atoms with Crippen LogP contribution in [-0.2, 0) is 19.5 Å². The number of aliphatic imine (C=N–C) groups is 1. The second kappa shape index (κ2) is 9.29. The summed E-state index contributed by atoms with van der Waals surface area (Å²) in [7, 11) is 4.92. The lowest BCUT2D eigenvalue weighted by Crippen LogP contribution is -2.33. The molecule has 1 aromatic carbocycles. The fourth-order valence-corrected chi connectivity index (χ4v) is 3.26. The van der Waals surface area contributed by atoms with Gasteiger partial charge in [-0.2, -0.15) is 5.10 Å². The highest BCUT2D eigenvalue weighted by Gasteiger charge is 2.16. The summed E-state index contributed by atoms with van der Waals surface area (Å²) in [5.41, 5.74) is 0.839. The number of benzene rings is 1. The molecule has 0 fully saturated rings. The maximum atomic E-state index is 12.3. The number of hydrogen-bond acceptors (Lipinski definition) is 5. The maximum absolute atomic E-state index is 12.3. The van der Waals surface area contributed by atoms with Crippen molar-refractivity contribution in [2.45, 2.75) is 38.8 Å². The van der Waals surface area contributed by atoms with E-state index in [9.17, 15) is 4.79 Å². The summed E-state index contributed by atoms with van der Waals surface area (Å²) in [4.78, 5) is 16.6. The number of rotatable bonds is 7. The Hall–Kier alpha value is -2.97. The monoisotopic (exact) mass is 388 g/mol. The van der Waals surface area contributed by atoms with Crippen LogP contribution in [0.2, 0.25) is 0 Å². The van der Waals surface area contributed by atoms with Gasteiger partial charge in [0, 0.05) is 44.9 Å². The molecule has 0 amide bonds. The van der Waals surface area contributed by atoms with Gasteiger partial charge in [-0.1, -0.05) is 0 Å². The molecule has 0 aliphatic carbocycles. The zero-order valence-corrected chi connectivity index (χ0v) is 16.7. The van der Waals surface area contributed by atoms with Crippen LogP contribution in [0.3, 0.4) is 0 Å². The van der Waals surface area contributed by atoms with Crippen molar-refractivity contribution in [1.29, 1.82) is 0 Å². The molecule has 1 aromatic heterocycles. The Morgan fingerprint density at radius 3 is 2.79 bits per heavy atom. The molecule has 152 valence electrons. The first-order chi connectivity index (χ1) is 13.7. The summed E-state index contributed by atoms with van der Waals surface area (Å²) in [6.45, 7) is 2.04. The van der Waals surface area contributed by atoms with Crippen LogP contribution in [0.1, 0.15) is 25.1 Å². The number of aromatic nitrogens is 3. The summed E-state index contributed by atoms with van der Waals surface area (Å²) >= 11 is 0. The van der Waals surface area contributed by atoms with Gasteiger partial charge in [-0.25, -0.2) is 9.48 Å². The third kappa shape index (κ3) is 4.47. The van der Waals surface area contributed by atoms with Gasteiger partial charge in [-0.3, -0.25) is 9.56 Å². The maximum Gasteiger partial charge on any atom is 0.345 e. The van der Waals surface area contributed by atoms with Crippen molar-refractivity contribution >= 4 is 11.6 Å². The number of hydrogen-bond donors (Lipinski definition) is 2. The van der Waals surface area contributed by atoms with Crippen molar-refractivity contribution in [3.05, 3.63) is 34.5 Å². The van der Waals surface area contributed by atoms with E-state index in [0.29, 0.717) is 30.5 Å². The van der Waals surface area contributed by atoms with Gasteiger partial charge in [0.25, 0.3) is 0 Å². The molecule has 1 aliphatic heterocycles. The van der Waals surface area contributed by atoms with E-state index in [1.807, 2.05) is 18.2 Å². The van der Waals surface area contributed by atoms with Crippen LogP contribution in [0.25, 0.3) is 0 Å². The Morgan fingerprint density at radius 2 is 2.07 bits per heavy atom. The molecule has 0 spiro atoms.